The molecule has 1 amide bonds. The summed E-state index contributed by atoms with van der Waals surface area (Å²) in [7, 11) is 1.79. The Labute approximate surface area is 116 Å². The molecule has 1 aliphatic rings. The molecule has 0 unspecified atom stereocenters. The molecule has 0 spiro atoms. The van der Waals surface area contributed by atoms with Gasteiger partial charge in [-0.2, -0.15) is 0 Å². The quantitative estimate of drug-likeness (QED) is 0.932. The maximum absolute atomic E-state index is 12.0. The lowest BCUT2D eigenvalue weighted by molar-refractivity contribution is -0.139. The Morgan fingerprint density at radius 3 is 2.65 bits per heavy atom. The third-order valence-corrected chi connectivity index (χ3v) is 4.26. The number of nitrogens with two attached hydrogens (primary N) is 1. The fourth-order valence-electron chi connectivity index (χ4n) is 1.89. The normalized spacial score (nSPS) is 16.9. The van der Waals surface area contributed by atoms with Crippen molar-refractivity contribution >= 4 is 41.3 Å². The van der Waals surface area contributed by atoms with Crippen LogP contribution in [0.3, 0.4) is 0 Å². The van der Waals surface area contributed by atoms with Gasteiger partial charge in [0.2, 0.25) is 5.91 Å². The number of likely N-dealkylation sites (N-methyl/N-ethyl adjacent to an activating group) is 1. The fraction of sp³-hybridized carbons (Fsp3) is 0.545. The highest BCUT2D eigenvalue weighted by atomic mass is 35.5. The highest BCUT2D eigenvalue weighted by Crippen LogP contribution is 2.31. The number of carbonyl (C=O) groups is 1. The van der Waals surface area contributed by atoms with Gasteiger partial charge in [-0.1, -0.05) is 11.6 Å². The predicted octanol–water partition coefficient (Wildman–Crippen LogP) is 2.66. The Morgan fingerprint density at radius 1 is 1.59 bits per heavy atom. The SMILES string of the molecule is CN(Cc1ccc(Cl)s1)C(=O)C1(N)CCC1.Cl. The first-order valence-corrected chi connectivity index (χ1v) is 6.49. The van der Waals surface area contributed by atoms with E-state index in [1.807, 2.05) is 12.1 Å². The number of nitrogens with zero attached hydrogens (tertiary/aromatic N) is 1. The maximum atomic E-state index is 12.0. The summed E-state index contributed by atoms with van der Waals surface area (Å²) in [6, 6.07) is 3.79. The number of amides is 1. The molecule has 2 rings (SSSR count). The fourth-order valence-corrected chi connectivity index (χ4v) is 3.04. The Balaban J connectivity index is 0.00000144. The van der Waals surface area contributed by atoms with E-state index in [0.717, 1.165) is 28.5 Å². The number of rotatable bonds is 3. The van der Waals surface area contributed by atoms with Crippen molar-refractivity contribution in [2.45, 2.75) is 31.3 Å². The Hall–Kier alpha value is -0.290. The van der Waals surface area contributed by atoms with E-state index in [1.54, 1.807) is 11.9 Å². The van der Waals surface area contributed by atoms with Crippen LogP contribution in [0.1, 0.15) is 24.1 Å². The van der Waals surface area contributed by atoms with Crippen LogP contribution in [0.2, 0.25) is 4.34 Å². The zero-order valence-corrected chi connectivity index (χ0v) is 12.0. The van der Waals surface area contributed by atoms with Crippen LogP contribution in [0.15, 0.2) is 12.1 Å². The van der Waals surface area contributed by atoms with Gasteiger partial charge in [-0.3, -0.25) is 4.79 Å². The van der Waals surface area contributed by atoms with E-state index in [9.17, 15) is 4.79 Å². The Morgan fingerprint density at radius 2 is 2.24 bits per heavy atom. The standard InChI is InChI=1S/C11H15ClN2OS.ClH/c1-14(7-8-3-4-9(12)16-8)10(15)11(13)5-2-6-11;/h3-4H,2,5-7,13H2,1H3;1H. The van der Waals surface area contributed by atoms with Gasteiger partial charge in [-0.15, -0.1) is 23.7 Å². The molecule has 96 valence electrons. The van der Waals surface area contributed by atoms with Crippen molar-refractivity contribution in [2.24, 2.45) is 5.73 Å². The molecule has 0 saturated heterocycles. The monoisotopic (exact) mass is 294 g/mol. The van der Waals surface area contributed by atoms with Crippen molar-refractivity contribution in [3.63, 3.8) is 0 Å². The van der Waals surface area contributed by atoms with Crippen LogP contribution in [-0.2, 0) is 11.3 Å². The minimum atomic E-state index is -0.601. The Bertz CT molecular complexity index is 404. The molecular weight excluding hydrogens is 279 g/mol. The molecule has 1 aromatic heterocycles. The van der Waals surface area contributed by atoms with Crippen LogP contribution in [0.4, 0.5) is 0 Å². The van der Waals surface area contributed by atoms with E-state index in [-0.39, 0.29) is 18.3 Å². The third kappa shape index (κ3) is 3.13. The number of carbonyl (C=O) groups excluding carboxylic acids is 1. The van der Waals surface area contributed by atoms with Gasteiger partial charge in [0, 0.05) is 11.9 Å². The van der Waals surface area contributed by atoms with E-state index >= 15 is 0 Å². The van der Waals surface area contributed by atoms with Gasteiger partial charge in [-0.05, 0) is 31.4 Å². The molecule has 1 heterocycles. The first kappa shape index (κ1) is 14.8. The van der Waals surface area contributed by atoms with Gasteiger partial charge in [-0.25, -0.2) is 0 Å². The molecule has 1 aromatic rings. The summed E-state index contributed by atoms with van der Waals surface area (Å²) >= 11 is 7.34. The maximum Gasteiger partial charge on any atom is 0.242 e. The second-order valence-corrected chi connectivity index (χ2v) is 6.18. The zero-order valence-electron chi connectivity index (χ0n) is 9.61. The number of halogens is 2. The number of thiophene rings is 1. The topological polar surface area (TPSA) is 46.3 Å². The molecule has 6 heteroatoms. The van der Waals surface area contributed by atoms with E-state index in [2.05, 4.69) is 0 Å². The minimum Gasteiger partial charge on any atom is -0.339 e. The second-order valence-electron chi connectivity index (χ2n) is 4.38. The van der Waals surface area contributed by atoms with Gasteiger partial charge in [0.15, 0.2) is 0 Å². The van der Waals surface area contributed by atoms with E-state index in [0.29, 0.717) is 6.54 Å². The van der Waals surface area contributed by atoms with Gasteiger partial charge >= 0.3 is 0 Å². The summed E-state index contributed by atoms with van der Waals surface area (Å²) in [5, 5.41) is 0. The van der Waals surface area contributed by atoms with Crippen molar-refractivity contribution in [2.75, 3.05) is 7.05 Å². The molecule has 1 aliphatic carbocycles. The van der Waals surface area contributed by atoms with Gasteiger partial charge in [0.05, 0.1) is 16.4 Å². The van der Waals surface area contributed by atoms with Crippen LogP contribution >= 0.6 is 35.3 Å². The van der Waals surface area contributed by atoms with Gasteiger partial charge in [0.1, 0.15) is 0 Å². The number of hydrogen-bond donors (Lipinski definition) is 1. The molecule has 0 atom stereocenters. The lowest BCUT2D eigenvalue weighted by Gasteiger charge is -2.39. The third-order valence-electron chi connectivity index (χ3n) is 3.04. The van der Waals surface area contributed by atoms with Crippen molar-refractivity contribution in [3.05, 3.63) is 21.3 Å². The molecule has 17 heavy (non-hydrogen) atoms. The Kier molecular flexibility index (Phi) is 4.84. The first-order chi connectivity index (χ1) is 7.51. The molecule has 0 aromatic carbocycles. The molecule has 1 fully saturated rings. The average Bonchev–Trinajstić information content (AvgIpc) is 2.59. The predicted molar refractivity (Wildman–Crippen MR) is 73.8 cm³/mol. The van der Waals surface area contributed by atoms with Crippen LogP contribution in [0, 0.1) is 0 Å². The van der Waals surface area contributed by atoms with E-state index in [4.69, 9.17) is 17.3 Å². The molecular formula is C11H16Cl2N2OS. The number of hydrogen-bond acceptors (Lipinski definition) is 3. The van der Waals surface area contributed by atoms with Crippen molar-refractivity contribution in [1.29, 1.82) is 0 Å². The lowest BCUT2D eigenvalue weighted by Crippen LogP contribution is -2.58. The van der Waals surface area contributed by atoms with Crippen LogP contribution < -0.4 is 5.73 Å². The van der Waals surface area contributed by atoms with Crippen molar-refractivity contribution in [3.8, 4) is 0 Å². The van der Waals surface area contributed by atoms with Crippen molar-refractivity contribution in [1.82, 2.24) is 4.90 Å². The minimum absolute atomic E-state index is 0. The summed E-state index contributed by atoms with van der Waals surface area (Å²) in [5.74, 6) is 0.0447. The lowest BCUT2D eigenvalue weighted by atomic mass is 9.76. The summed E-state index contributed by atoms with van der Waals surface area (Å²) in [4.78, 5) is 14.8. The molecule has 0 aliphatic heterocycles. The van der Waals surface area contributed by atoms with Crippen LogP contribution in [0.25, 0.3) is 0 Å². The smallest absolute Gasteiger partial charge is 0.242 e. The van der Waals surface area contributed by atoms with E-state index < -0.39 is 5.54 Å². The summed E-state index contributed by atoms with van der Waals surface area (Å²) in [6.45, 7) is 0.592. The van der Waals surface area contributed by atoms with Gasteiger partial charge < -0.3 is 10.6 Å². The molecule has 1 saturated carbocycles. The summed E-state index contributed by atoms with van der Waals surface area (Å²) < 4.78 is 0.752. The highest BCUT2D eigenvalue weighted by molar-refractivity contribution is 7.16. The zero-order chi connectivity index (χ0) is 11.8. The summed E-state index contributed by atoms with van der Waals surface area (Å²) in [5.41, 5.74) is 5.39. The van der Waals surface area contributed by atoms with Crippen molar-refractivity contribution < 1.29 is 4.79 Å². The van der Waals surface area contributed by atoms with Crippen LogP contribution in [0.5, 0.6) is 0 Å². The van der Waals surface area contributed by atoms with Crippen LogP contribution in [-0.4, -0.2) is 23.4 Å². The molecule has 0 radical (unpaired) electrons. The molecule has 2 N–H and O–H groups in total. The molecule has 0 bridgehead atoms. The average molecular weight is 295 g/mol. The van der Waals surface area contributed by atoms with E-state index in [1.165, 1.54) is 11.3 Å². The van der Waals surface area contributed by atoms with Gasteiger partial charge in [0.25, 0.3) is 0 Å². The second kappa shape index (κ2) is 5.57. The first-order valence-electron chi connectivity index (χ1n) is 5.30. The largest absolute Gasteiger partial charge is 0.339 e. The summed E-state index contributed by atoms with van der Waals surface area (Å²) in [6.07, 6.45) is 2.67. The highest BCUT2D eigenvalue weighted by Gasteiger charge is 2.41. The molecule has 3 nitrogen and oxygen atoms in total.